The lowest BCUT2D eigenvalue weighted by Gasteiger charge is -1.97. The average Bonchev–Trinajstić information content (AvgIpc) is 1.97. The van der Waals surface area contributed by atoms with Gasteiger partial charge in [0.1, 0.15) is 0 Å². The molecule has 0 saturated carbocycles. The fourth-order valence-corrected chi connectivity index (χ4v) is 2.31. The van der Waals surface area contributed by atoms with Crippen LogP contribution in [0.5, 0.6) is 0 Å². The molecule has 1 nitrogen and oxygen atoms in total. The topological polar surface area (TPSA) is 20.2 Å². The summed E-state index contributed by atoms with van der Waals surface area (Å²) < 4.78 is 0. The highest BCUT2D eigenvalue weighted by molar-refractivity contribution is 8.02. The molecule has 3 heteroatoms. The zero-order valence-electron chi connectivity index (χ0n) is 6.51. The highest BCUT2D eigenvalue weighted by atomic mass is 32.2. The summed E-state index contributed by atoms with van der Waals surface area (Å²) in [4.78, 5) is 0. The zero-order chi connectivity index (χ0) is 7.66. The molecule has 0 saturated heterocycles. The molecule has 0 rings (SSSR count). The van der Waals surface area contributed by atoms with Crippen LogP contribution in [0, 0.1) is 0 Å². The molecule has 0 aliphatic carbocycles. The molecular weight excluding hydrogens is 164 g/mol. The second-order valence-corrected chi connectivity index (χ2v) is 4.25. The maximum atomic E-state index is 8.46. The van der Waals surface area contributed by atoms with Crippen LogP contribution in [0.4, 0.5) is 0 Å². The summed E-state index contributed by atoms with van der Waals surface area (Å²) >= 11 is 3.88. The Morgan fingerprint density at radius 1 is 1.10 bits per heavy atom. The maximum Gasteiger partial charge on any atom is 0.0431 e. The van der Waals surface area contributed by atoms with Crippen LogP contribution < -0.4 is 0 Å². The SMILES string of the molecule is CSCCSCCCCO. The van der Waals surface area contributed by atoms with Gasteiger partial charge in [0.05, 0.1) is 0 Å². The van der Waals surface area contributed by atoms with Crippen molar-refractivity contribution in [1.29, 1.82) is 0 Å². The highest BCUT2D eigenvalue weighted by Gasteiger charge is 1.88. The Morgan fingerprint density at radius 2 is 1.90 bits per heavy atom. The summed E-state index contributed by atoms with van der Waals surface area (Å²) in [5.74, 6) is 3.72. The van der Waals surface area contributed by atoms with E-state index in [-0.39, 0.29) is 0 Å². The number of hydrogen-bond donors (Lipinski definition) is 1. The van der Waals surface area contributed by atoms with Gasteiger partial charge in [-0.1, -0.05) is 0 Å². The first-order chi connectivity index (χ1) is 4.91. The molecule has 0 amide bonds. The quantitative estimate of drug-likeness (QED) is 0.604. The summed E-state index contributed by atoms with van der Waals surface area (Å²) in [6.07, 6.45) is 4.26. The molecule has 0 aromatic rings. The van der Waals surface area contributed by atoms with Gasteiger partial charge in [-0.05, 0) is 24.9 Å². The number of unbranched alkanes of at least 4 members (excludes halogenated alkanes) is 1. The van der Waals surface area contributed by atoms with Crippen molar-refractivity contribution in [3.63, 3.8) is 0 Å². The lowest BCUT2D eigenvalue weighted by atomic mass is 10.4. The number of hydrogen-bond acceptors (Lipinski definition) is 3. The zero-order valence-corrected chi connectivity index (χ0v) is 8.14. The molecule has 0 unspecified atom stereocenters. The lowest BCUT2D eigenvalue weighted by Crippen LogP contribution is -1.88. The van der Waals surface area contributed by atoms with Crippen molar-refractivity contribution >= 4 is 23.5 Å². The smallest absolute Gasteiger partial charge is 0.0431 e. The van der Waals surface area contributed by atoms with Crippen molar-refractivity contribution in [2.24, 2.45) is 0 Å². The van der Waals surface area contributed by atoms with E-state index < -0.39 is 0 Å². The summed E-state index contributed by atoms with van der Waals surface area (Å²) in [6.45, 7) is 0.350. The normalized spacial score (nSPS) is 10.2. The van der Waals surface area contributed by atoms with E-state index in [1.165, 1.54) is 17.3 Å². The third-order valence-electron chi connectivity index (χ3n) is 1.13. The van der Waals surface area contributed by atoms with E-state index >= 15 is 0 Å². The van der Waals surface area contributed by atoms with E-state index in [9.17, 15) is 0 Å². The lowest BCUT2D eigenvalue weighted by molar-refractivity contribution is 0.287. The Hall–Kier alpha value is 0.660. The summed E-state index contributed by atoms with van der Waals surface area (Å²) in [5, 5.41) is 8.46. The van der Waals surface area contributed by atoms with Crippen molar-refractivity contribution in [3.8, 4) is 0 Å². The molecule has 0 fully saturated rings. The van der Waals surface area contributed by atoms with Crippen LogP contribution in [0.15, 0.2) is 0 Å². The van der Waals surface area contributed by atoms with Crippen molar-refractivity contribution in [2.75, 3.05) is 30.1 Å². The average molecular weight is 180 g/mol. The fourth-order valence-electron chi connectivity index (χ4n) is 0.560. The number of thioether (sulfide) groups is 2. The van der Waals surface area contributed by atoms with Crippen molar-refractivity contribution in [1.82, 2.24) is 0 Å². The second kappa shape index (κ2) is 9.66. The first-order valence-electron chi connectivity index (χ1n) is 3.59. The largest absolute Gasteiger partial charge is 0.396 e. The third kappa shape index (κ3) is 8.66. The summed E-state index contributed by atoms with van der Waals surface area (Å²) in [7, 11) is 0. The molecular formula is C7H16OS2. The fraction of sp³-hybridized carbons (Fsp3) is 1.00. The monoisotopic (exact) mass is 180 g/mol. The predicted octanol–water partition coefficient (Wildman–Crippen LogP) is 1.86. The van der Waals surface area contributed by atoms with Crippen LogP contribution in [-0.4, -0.2) is 35.2 Å². The van der Waals surface area contributed by atoms with Crippen molar-refractivity contribution < 1.29 is 5.11 Å². The van der Waals surface area contributed by atoms with Gasteiger partial charge in [-0.2, -0.15) is 23.5 Å². The first kappa shape index (κ1) is 10.7. The minimum atomic E-state index is 0.350. The van der Waals surface area contributed by atoms with Gasteiger partial charge in [0.15, 0.2) is 0 Å². The van der Waals surface area contributed by atoms with E-state index in [0.717, 1.165) is 12.8 Å². The summed E-state index contributed by atoms with van der Waals surface area (Å²) in [6, 6.07) is 0. The highest BCUT2D eigenvalue weighted by Crippen LogP contribution is 2.06. The van der Waals surface area contributed by atoms with Gasteiger partial charge in [0, 0.05) is 18.1 Å². The Kier molecular flexibility index (Phi) is 10.3. The minimum absolute atomic E-state index is 0.350. The maximum absolute atomic E-state index is 8.46. The van der Waals surface area contributed by atoms with E-state index in [0.29, 0.717) is 6.61 Å². The molecule has 0 bridgehead atoms. The standard InChI is InChI=1S/C7H16OS2/c1-9-6-7-10-5-3-2-4-8/h8H,2-7H2,1H3. The number of rotatable bonds is 7. The van der Waals surface area contributed by atoms with Crippen molar-refractivity contribution in [3.05, 3.63) is 0 Å². The molecule has 0 aromatic heterocycles. The number of aliphatic hydroxyl groups is 1. The molecule has 0 spiro atoms. The molecule has 0 aliphatic rings. The van der Waals surface area contributed by atoms with Gasteiger partial charge in [0.25, 0.3) is 0 Å². The van der Waals surface area contributed by atoms with Gasteiger partial charge in [-0.15, -0.1) is 0 Å². The molecule has 0 aliphatic heterocycles. The Labute approximate surface area is 72.0 Å². The van der Waals surface area contributed by atoms with Crippen LogP contribution in [0.1, 0.15) is 12.8 Å². The first-order valence-corrected chi connectivity index (χ1v) is 6.14. The minimum Gasteiger partial charge on any atom is -0.396 e. The molecule has 0 radical (unpaired) electrons. The molecule has 0 atom stereocenters. The van der Waals surface area contributed by atoms with E-state index in [1.54, 1.807) is 0 Å². The van der Waals surface area contributed by atoms with E-state index in [4.69, 9.17) is 5.11 Å². The molecule has 62 valence electrons. The Balaban J connectivity index is 2.65. The van der Waals surface area contributed by atoms with E-state index in [1.807, 2.05) is 23.5 Å². The van der Waals surface area contributed by atoms with Crippen LogP contribution in [-0.2, 0) is 0 Å². The molecule has 1 N–H and O–H groups in total. The van der Waals surface area contributed by atoms with Crippen molar-refractivity contribution in [2.45, 2.75) is 12.8 Å². The molecule has 0 heterocycles. The van der Waals surface area contributed by atoms with Crippen LogP contribution in [0.3, 0.4) is 0 Å². The number of aliphatic hydroxyl groups excluding tert-OH is 1. The molecule has 10 heavy (non-hydrogen) atoms. The Bertz CT molecular complexity index is 51.6. The van der Waals surface area contributed by atoms with Crippen LogP contribution in [0.2, 0.25) is 0 Å². The van der Waals surface area contributed by atoms with Gasteiger partial charge in [-0.3, -0.25) is 0 Å². The van der Waals surface area contributed by atoms with Gasteiger partial charge in [0.2, 0.25) is 0 Å². The second-order valence-electron chi connectivity index (χ2n) is 2.04. The van der Waals surface area contributed by atoms with Gasteiger partial charge in [-0.25, -0.2) is 0 Å². The van der Waals surface area contributed by atoms with Gasteiger partial charge >= 0.3 is 0 Å². The van der Waals surface area contributed by atoms with Gasteiger partial charge < -0.3 is 5.11 Å². The van der Waals surface area contributed by atoms with Crippen LogP contribution >= 0.6 is 23.5 Å². The molecule has 0 aromatic carbocycles. The predicted molar refractivity (Wildman–Crippen MR) is 52.0 cm³/mol. The van der Waals surface area contributed by atoms with Crippen LogP contribution in [0.25, 0.3) is 0 Å². The van der Waals surface area contributed by atoms with E-state index in [2.05, 4.69) is 6.26 Å². The Morgan fingerprint density at radius 3 is 2.50 bits per heavy atom. The summed E-state index contributed by atoms with van der Waals surface area (Å²) in [5.41, 5.74) is 0. The third-order valence-corrected chi connectivity index (χ3v) is 3.07.